The Morgan fingerprint density at radius 1 is 1.00 bits per heavy atom. The Kier molecular flexibility index (Phi) is 7.15. The van der Waals surface area contributed by atoms with E-state index in [0.29, 0.717) is 18.2 Å². The molecule has 0 aliphatic carbocycles. The number of hydrogen-bond donors (Lipinski definition) is 3. The lowest BCUT2D eigenvalue weighted by Gasteiger charge is -2.11. The van der Waals surface area contributed by atoms with Gasteiger partial charge in [0.15, 0.2) is 5.82 Å². The lowest BCUT2D eigenvalue weighted by atomic mass is 10.1. The number of hydrogen-bond acceptors (Lipinski definition) is 2. The van der Waals surface area contributed by atoms with E-state index in [1.807, 2.05) is 0 Å². The number of anilines is 1. The molecule has 0 saturated heterocycles. The lowest BCUT2D eigenvalue weighted by Crippen LogP contribution is -2.31. The first-order valence-corrected chi connectivity index (χ1v) is 9.58. The Bertz CT molecular complexity index is 1200. The Morgan fingerprint density at radius 2 is 1.68 bits per heavy atom. The summed E-state index contributed by atoms with van der Waals surface area (Å²) in [4.78, 5) is 16.1. The average molecular weight is 508 g/mol. The third-order valence-electron chi connectivity index (χ3n) is 4.26. The van der Waals surface area contributed by atoms with Gasteiger partial charge in [-0.15, -0.1) is 0 Å². The molecule has 34 heavy (non-hydrogen) atoms. The van der Waals surface area contributed by atoms with Crippen LogP contribution in [0.1, 0.15) is 27.2 Å². The number of aromatic amines is 1. The first-order valence-electron chi connectivity index (χ1n) is 9.20. The molecule has 1 aromatic heterocycles. The average Bonchev–Trinajstić information content (AvgIpc) is 3.21. The van der Waals surface area contributed by atoms with Crippen LogP contribution in [0.15, 0.2) is 53.5 Å². The number of nitrogens with one attached hydrogen (secondary N) is 3. The minimum atomic E-state index is -4.72. The molecule has 0 saturated carbocycles. The van der Waals surface area contributed by atoms with Gasteiger partial charge in [-0.3, -0.25) is 9.89 Å². The zero-order valence-electron chi connectivity index (χ0n) is 16.7. The van der Waals surface area contributed by atoms with E-state index in [1.54, 1.807) is 5.10 Å². The second-order valence-corrected chi connectivity index (χ2v) is 7.16. The number of carbonyl (C=O) groups is 1. The van der Waals surface area contributed by atoms with Crippen LogP contribution >= 0.6 is 11.6 Å². The van der Waals surface area contributed by atoms with Crippen molar-refractivity contribution in [2.75, 3.05) is 5.32 Å². The van der Waals surface area contributed by atoms with E-state index >= 15 is 0 Å². The molecular formula is C20H13ClF7N5O. The van der Waals surface area contributed by atoms with E-state index < -0.39 is 41.3 Å². The second-order valence-electron chi connectivity index (χ2n) is 6.72. The zero-order chi connectivity index (χ0) is 25.1. The molecule has 3 N–H and O–H groups in total. The fourth-order valence-corrected chi connectivity index (χ4v) is 2.73. The fraction of sp³-hybridized carbons (Fsp3) is 0.150. The fourth-order valence-electron chi connectivity index (χ4n) is 2.58. The lowest BCUT2D eigenvalue weighted by molar-refractivity contribution is -0.141. The van der Waals surface area contributed by atoms with Crippen LogP contribution < -0.4 is 10.6 Å². The molecular weight excluding hydrogens is 495 g/mol. The van der Waals surface area contributed by atoms with E-state index in [-0.39, 0.29) is 28.5 Å². The molecule has 0 bridgehead atoms. The standard InChI is InChI=1S/C20H13ClF7N5O/c21-13-6-3-11(14(22)7-13)9-29-18(30-16-8-15(32-33-16)20(26,27)28)31-17(34)10-1-4-12(5-2-10)19(23,24)25/h1-8H,9H2,(H3,29,30,31,32,33,34). The van der Waals surface area contributed by atoms with Crippen molar-refractivity contribution in [3.63, 3.8) is 0 Å². The van der Waals surface area contributed by atoms with Gasteiger partial charge in [-0.2, -0.15) is 36.4 Å². The van der Waals surface area contributed by atoms with Gasteiger partial charge in [0.25, 0.3) is 5.91 Å². The summed E-state index contributed by atoms with van der Waals surface area (Å²) in [6.07, 6.45) is -9.34. The maximum atomic E-state index is 14.0. The quantitative estimate of drug-likeness (QED) is 0.243. The Balaban J connectivity index is 1.85. The molecule has 0 atom stereocenters. The zero-order valence-corrected chi connectivity index (χ0v) is 17.4. The molecule has 0 fully saturated rings. The van der Waals surface area contributed by atoms with Crippen molar-refractivity contribution in [2.45, 2.75) is 18.9 Å². The first kappa shape index (κ1) is 25.0. The highest BCUT2D eigenvalue weighted by Crippen LogP contribution is 2.30. The summed E-state index contributed by atoms with van der Waals surface area (Å²) in [7, 11) is 0. The predicted octanol–water partition coefficient (Wildman–Crippen LogP) is 5.64. The minimum Gasteiger partial charge on any atom is -0.351 e. The number of guanidine groups is 1. The van der Waals surface area contributed by atoms with Gasteiger partial charge in [0, 0.05) is 28.8 Å². The van der Waals surface area contributed by atoms with Gasteiger partial charge in [0.2, 0.25) is 5.96 Å². The predicted molar refractivity (Wildman–Crippen MR) is 109 cm³/mol. The molecule has 6 nitrogen and oxygen atoms in total. The molecule has 3 aromatic rings. The van der Waals surface area contributed by atoms with Gasteiger partial charge in [0.1, 0.15) is 11.5 Å². The van der Waals surface area contributed by atoms with Crippen molar-refractivity contribution in [1.29, 1.82) is 0 Å². The van der Waals surface area contributed by atoms with Crippen LogP contribution in [0.4, 0.5) is 36.6 Å². The Morgan fingerprint density at radius 3 is 2.24 bits per heavy atom. The van der Waals surface area contributed by atoms with Crippen molar-refractivity contribution >= 4 is 29.3 Å². The maximum absolute atomic E-state index is 14.0. The number of amides is 1. The topological polar surface area (TPSA) is 82.2 Å². The summed E-state index contributed by atoms with van der Waals surface area (Å²) in [5.74, 6) is -2.53. The molecule has 1 heterocycles. The molecule has 0 aliphatic rings. The van der Waals surface area contributed by atoms with E-state index in [4.69, 9.17) is 11.6 Å². The van der Waals surface area contributed by atoms with Gasteiger partial charge in [-0.05, 0) is 36.4 Å². The highest BCUT2D eigenvalue weighted by Gasteiger charge is 2.33. The molecule has 2 aromatic carbocycles. The number of nitrogens with zero attached hydrogens (tertiary/aromatic N) is 2. The van der Waals surface area contributed by atoms with Crippen LogP contribution in [0.2, 0.25) is 5.02 Å². The number of aromatic nitrogens is 2. The normalized spacial score (nSPS) is 12.5. The third kappa shape index (κ3) is 6.47. The summed E-state index contributed by atoms with van der Waals surface area (Å²) < 4.78 is 90.6. The van der Waals surface area contributed by atoms with Gasteiger partial charge in [-0.1, -0.05) is 17.7 Å². The smallest absolute Gasteiger partial charge is 0.351 e. The van der Waals surface area contributed by atoms with E-state index in [2.05, 4.69) is 20.7 Å². The number of benzene rings is 2. The van der Waals surface area contributed by atoms with Crippen molar-refractivity contribution in [1.82, 2.24) is 15.5 Å². The molecule has 0 spiro atoms. The number of H-pyrrole nitrogens is 1. The largest absolute Gasteiger partial charge is 0.432 e. The van der Waals surface area contributed by atoms with Crippen LogP contribution in [0.5, 0.6) is 0 Å². The Labute approximate surface area is 191 Å². The summed E-state index contributed by atoms with van der Waals surface area (Å²) in [5, 5.41) is 10.2. The van der Waals surface area contributed by atoms with Gasteiger partial charge in [-0.25, -0.2) is 4.39 Å². The maximum Gasteiger partial charge on any atom is 0.432 e. The van der Waals surface area contributed by atoms with Crippen molar-refractivity contribution in [3.05, 3.63) is 81.8 Å². The number of alkyl halides is 6. The second kappa shape index (κ2) is 9.71. The first-order chi connectivity index (χ1) is 15.8. The summed E-state index contributed by atoms with van der Waals surface area (Å²) in [6.45, 7) is -0.272. The number of rotatable bonds is 4. The SMILES string of the molecule is O=C(/N=C(/NCc1ccc(Cl)cc1F)Nc1cc(C(F)(F)F)[nH]n1)c1ccc(C(F)(F)F)cc1. The summed E-state index contributed by atoms with van der Waals surface area (Å²) >= 11 is 5.69. The van der Waals surface area contributed by atoms with Gasteiger partial charge < -0.3 is 10.6 Å². The molecule has 180 valence electrons. The van der Waals surface area contributed by atoms with E-state index in [0.717, 1.165) is 18.2 Å². The van der Waals surface area contributed by atoms with Crippen molar-refractivity contribution < 1.29 is 35.5 Å². The molecule has 0 radical (unpaired) electrons. The molecule has 3 rings (SSSR count). The number of carbonyl (C=O) groups excluding carboxylic acids is 1. The number of aliphatic imine (C=N–C) groups is 1. The van der Waals surface area contributed by atoms with Gasteiger partial charge >= 0.3 is 12.4 Å². The molecule has 0 aliphatic heterocycles. The van der Waals surface area contributed by atoms with Crippen LogP contribution in [0, 0.1) is 5.82 Å². The number of halogens is 8. The van der Waals surface area contributed by atoms with Crippen LogP contribution in [0.25, 0.3) is 0 Å². The molecule has 0 unspecified atom stereocenters. The molecule has 1 amide bonds. The van der Waals surface area contributed by atoms with Gasteiger partial charge in [0.05, 0.1) is 5.56 Å². The minimum absolute atomic E-state index is 0.0823. The monoisotopic (exact) mass is 507 g/mol. The third-order valence-corrected chi connectivity index (χ3v) is 4.50. The summed E-state index contributed by atoms with van der Waals surface area (Å²) in [6, 6.07) is 7.48. The highest BCUT2D eigenvalue weighted by atomic mass is 35.5. The van der Waals surface area contributed by atoms with Crippen LogP contribution in [-0.2, 0) is 18.9 Å². The molecule has 14 heteroatoms. The summed E-state index contributed by atoms with van der Waals surface area (Å²) in [5.41, 5.74) is -2.32. The van der Waals surface area contributed by atoms with Crippen LogP contribution in [-0.4, -0.2) is 22.1 Å². The van der Waals surface area contributed by atoms with Crippen molar-refractivity contribution in [2.24, 2.45) is 4.99 Å². The van der Waals surface area contributed by atoms with E-state index in [9.17, 15) is 35.5 Å². The van der Waals surface area contributed by atoms with Crippen LogP contribution in [0.3, 0.4) is 0 Å². The highest BCUT2D eigenvalue weighted by molar-refractivity contribution is 6.30. The van der Waals surface area contributed by atoms with Crippen molar-refractivity contribution in [3.8, 4) is 0 Å². The Hall–Kier alpha value is -3.61. The van der Waals surface area contributed by atoms with E-state index in [1.165, 1.54) is 12.1 Å².